The molecule has 2 aromatic rings. The summed E-state index contributed by atoms with van der Waals surface area (Å²) in [5.74, 6) is 0.419. The van der Waals surface area contributed by atoms with Gasteiger partial charge in [-0.2, -0.15) is 0 Å². The van der Waals surface area contributed by atoms with Crippen LogP contribution in [-0.2, 0) is 20.9 Å². The number of imide groups is 1. The molecule has 0 aliphatic carbocycles. The molecule has 0 fully saturated rings. The third kappa shape index (κ3) is 5.74. The third-order valence-corrected chi connectivity index (χ3v) is 4.47. The molecule has 1 aliphatic heterocycles. The Balaban J connectivity index is 1.33. The molecule has 9 nitrogen and oxygen atoms in total. The van der Waals surface area contributed by atoms with Crippen LogP contribution >= 0.6 is 0 Å². The number of hydrogen-bond acceptors (Lipinski definition) is 7. The fraction of sp³-hybridized carbons (Fsp3) is 0.350. The summed E-state index contributed by atoms with van der Waals surface area (Å²) in [7, 11) is 0. The molecule has 0 saturated heterocycles. The molecular formula is C20H22N6O3. The number of nitrogens with zero attached hydrogens (tertiary/aromatic N) is 5. The Morgan fingerprint density at radius 2 is 1.59 bits per heavy atom. The molecule has 0 atom stereocenters. The summed E-state index contributed by atoms with van der Waals surface area (Å²) < 4.78 is 0. The lowest BCUT2D eigenvalue weighted by molar-refractivity contribution is -0.136. The van der Waals surface area contributed by atoms with E-state index in [2.05, 4.69) is 25.7 Å². The summed E-state index contributed by atoms with van der Waals surface area (Å²) in [6.45, 7) is 2.56. The molecule has 2 heterocycles. The van der Waals surface area contributed by atoms with E-state index in [4.69, 9.17) is 0 Å². The molecule has 9 heteroatoms. The van der Waals surface area contributed by atoms with Crippen LogP contribution in [-0.4, -0.2) is 49.6 Å². The average Bonchev–Trinajstić information content (AvgIpc) is 3.05. The zero-order chi connectivity index (χ0) is 20.6. The third-order valence-electron chi connectivity index (χ3n) is 4.47. The van der Waals surface area contributed by atoms with Crippen LogP contribution in [0.15, 0.2) is 36.4 Å². The molecule has 1 N–H and O–H groups in total. The fourth-order valence-electron chi connectivity index (χ4n) is 2.84. The number of rotatable bonds is 9. The first-order chi connectivity index (χ1) is 14.0. The Bertz CT molecular complexity index is 891. The van der Waals surface area contributed by atoms with Crippen molar-refractivity contribution in [3.63, 3.8) is 0 Å². The average molecular weight is 394 g/mol. The summed E-state index contributed by atoms with van der Waals surface area (Å²) in [6.07, 6.45) is 5.15. The number of carbonyl (C=O) groups is 3. The Hall–Kier alpha value is -3.49. The van der Waals surface area contributed by atoms with E-state index >= 15 is 0 Å². The largest absolute Gasteiger partial charge is 0.352 e. The predicted molar refractivity (Wildman–Crippen MR) is 104 cm³/mol. The molecule has 0 saturated carbocycles. The number of amides is 3. The van der Waals surface area contributed by atoms with Crippen LogP contribution < -0.4 is 5.32 Å². The Morgan fingerprint density at radius 1 is 0.931 bits per heavy atom. The second-order valence-corrected chi connectivity index (χ2v) is 6.72. The van der Waals surface area contributed by atoms with Gasteiger partial charge >= 0.3 is 0 Å². The normalized spacial score (nSPS) is 13.2. The molecule has 0 spiro atoms. The molecule has 1 aliphatic rings. The number of benzene rings is 1. The van der Waals surface area contributed by atoms with Gasteiger partial charge in [0.15, 0.2) is 5.82 Å². The first kappa shape index (κ1) is 20.2. The lowest BCUT2D eigenvalue weighted by atomic mass is 10.1. The lowest BCUT2D eigenvalue weighted by Gasteiger charge is -2.13. The summed E-state index contributed by atoms with van der Waals surface area (Å²) in [5.41, 5.74) is 1.78. The van der Waals surface area contributed by atoms with Crippen LogP contribution in [0, 0.1) is 6.92 Å². The van der Waals surface area contributed by atoms with Crippen molar-refractivity contribution in [2.24, 2.45) is 0 Å². The molecule has 1 aromatic heterocycles. The van der Waals surface area contributed by atoms with Gasteiger partial charge < -0.3 is 5.32 Å². The molecule has 1 aromatic carbocycles. The van der Waals surface area contributed by atoms with Crippen molar-refractivity contribution < 1.29 is 14.4 Å². The maximum Gasteiger partial charge on any atom is 0.253 e. The summed E-state index contributed by atoms with van der Waals surface area (Å²) in [5, 5.41) is 18.7. The molecule has 29 heavy (non-hydrogen) atoms. The number of carbonyl (C=O) groups excluding carboxylic acids is 3. The highest BCUT2D eigenvalue weighted by Crippen LogP contribution is 2.14. The monoisotopic (exact) mass is 394 g/mol. The van der Waals surface area contributed by atoms with Crippen molar-refractivity contribution in [3.05, 3.63) is 47.8 Å². The minimum absolute atomic E-state index is 0.0284. The van der Waals surface area contributed by atoms with Crippen LogP contribution in [0.25, 0.3) is 11.4 Å². The highest BCUT2D eigenvalue weighted by molar-refractivity contribution is 6.12. The standard InChI is InChI=1S/C20H22N6O3/c1-14-22-24-20(25-23-14)16-8-6-15(7-9-16)13-21-17(27)5-3-2-4-12-26-18(28)10-11-19(26)29/h6-11H,2-5,12-13H2,1H3,(H,21,27). The molecule has 0 unspecified atom stereocenters. The second-order valence-electron chi connectivity index (χ2n) is 6.72. The van der Waals surface area contributed by atoms with E-state index in [1.54, 1.807) is 6.92 Å². The minimum atomic E-state index is -0.264. The summed E-state index contributed by atoms with van der Waals surface area (Å²) >= 11 is 0. The van der Waals surface area contributed by atoms with E-state index in [0.717, 1.165) is 17.5 Å². The van der Waals surface area contributed by atoms with Crippen LogP contribution in [0.2, 0.25) is 0 Å². The number of nitrogens with one attached hydrogen (secondary N) is 1. The van der Waals surface area contributed by atoms with Crippen molar-refractivity contribution in [1.82, 2.24) is 30.6 Å². The molecule has 0 radical (unpaired) electrons. The van der Waals surface area contributed by atoms with Crippen LogP contribution in [0.4, 0.5) is 0 Å². The van der Waals surface area contributed by atoms with E-state index in [1.807, 2.05) is 24.3 Å². The number of aromatic nitrogens is 4. The molecule has 3 rings (SSSR count). The lowest BCUT2D eigenvalue weighted by Crippen LogP contribution is -2.30. The molecular weight excluding hydrogens is 372 g/mol. The maximum absolute atomic E-state index is 12.0. The minimum Gasteiger partial charge on any atom is -0.352 e. The highest BCUT2D eigenvalue weighted by Gasteiger charge is 2.22. The maximum atomic E-state index is 12.0. The van der Waals surface area contributed by atoms with Gasteiger partial charge in [0.1, 0.15) is 0 Å². The Morgan fingerprint density at radius 3 is 2.24 bits per heavy atom. The molecule has 0 bridgehead atoms. The van der Waals surface area contributed by atoms with Crippen molar-refractivity contribution in [2.45, 2.75) is 39.2 Å². The first-order valence-electron chi connectivity index (χ1n) is 9.46. The van der Waals surface area contributed by atoms with Gasteiger partial charge in [0, 0.05) is 37.2 Å². The van der Waals surface area contributed by atoms with E-state index in [9.17, 15) is 14.4 Å². The van der Waals surface area contributed by atoms with Crippen molar-refractivity contribution in [2.75, 3.05) is 6.54 Å². The summed E-state index contributed by atoms with van der Waals surface area (Å²) in [6, 6.07) is 7.53. The second kappa shape index (κ2) is 9.63. The first-order valence-corrected chi connectivity index (χ1v) is 9.46. The number of hydrogen-bond donors (Lipinski definition) is 1. The van der Waals surface area contributed by atoms with Gasteiger partial charge in [0.25, 0.3) is 11.8 Å². The molecule has 150 valence electrons. The zero-order valence-electron chi connectivity index (χ0n) is 16.2. The topological polar surface area (TPSA) is 118 Å². The summed E-state index contributed by atoms with van der Waals surface area (Å²) in [4.78, 5) is 36.1. The van der Waals surface area contributed by atoms with Crippen LogP contribution in [0.5, 0.6) is 0 Å². The Kier molecular flexibility index (Phi) is 6.72. The fourth-order valence-corrected chi connectivity index (χ4v) is 2.84. The van der Waals surface area contributed by atoms with Gasteiger partial charge in [-0.15, -0.1) is 20.4 Å². The van der Waals surface area contributed by atoms with Crippen molar-refractivity contribution in [3.8, 4) is 11.4 Å². The predicted octanol–water partition coefficient (Wildman–Crippen LogP) is 1.34. The highest BCUT2D eigenvalue weighted by atomic mass is 16.2. The van der Waals surface area contributed by atoms with Crippen LogP contribution in [0.3, 0.4) is 0 Å². The van der Waals surface area contributed by atoms with E-state index in [-0.39, 0.29) is 17.7 Å². The van der Waals surface area contributed by atoms with Gasteiger partial charge in [0.05, 0.1) is 0 Å². The number of unbranched alkanes of at least 4 members (excludes halogenated alkanes) is 2. The van der Waals surface area contributed by atoms with E-state index < -0.39 is 0 Å². The quantitative estimate of drug-likeness (QED) is 0.504. The van der Waals surface area contributed by atoms with Gasteiger partial charge in [-0.05, 0) is 25.3 Å². The van der Waals surface area contributed by atoms with Crippen molar-refractivity contribution in [1.29, 1.82) is 0 Å². The van der Waals surface area contributed by atoms with Gasteiger partial charge in [-0.1, -0.05) is 30.7 Å². The van der Waals surface area contributed by atoms with E-state index in [1.165, 1.54) is 17.1 Å². The number of aryl methyl sites for hydroxylation is 1. The Labute approximate surface area is 168 Å². The zero-order valence-corrected chi connectivity index (χ0v) is 16.2. The molecule has 3 amide bonds. The van der Waals surface area contributed by atoms with E-state index in [0.29, 0.717) is 44.0 Å². The van der Waals surface area contributed by atoms with Gasteiger partial charge in [0.2, 0.25) is 11.7 Å². The van der Waals surface area contributed by atoms with Gasteiger partial charge in [-0.3, -0.25) is 19.3 Å². The van der Waals surface area contributed by atoms with Crippen molar-refractivity contribution >= 4 is 17.7 Å². The van der Waals surface area contributed by atoms with Crippen LogP contribution in [0.1, 0.15) is 37.1 Å². The van der Waals surface area contributed by atoms with Gasteiger partial charge in [-0.25, -0.2) is 0 Å². The SMILES string of the molecule is Cc1nnc(-c2ccc(CNC(=O)CCCCCN3C(=O)C=CC3=O)cc2)nn1. The smallest absolute Gasteiger partial charge is 0.253 e.